The molecule has 0 aromatic heterocycles. The molecule has 1 fully saturated rings. The first-order chi connectivity index (χ1) is 13.0. The molecular formula is C21H26N3O3+. The van der Waals surface area contributed by atoms with Gasteiger partial charge in [0.1, 0.15) is 5.75 Å². The van der Waals surface area contributed by atoms with Gasteiger partial charge in [0.25, 0.3) is 5.91 Å². The third kappa shape index (κ3) is 4.46. The van der Waals surface area contributed by atoms with Gasteiger partial charge in [0.2, 0.25) is 0 Å². The fourth-order valence-corrected chi connectivity index (χ4v) is 3.47. The summed E-state index contributed by atoms with van der Waals surface area (Å²) in [5.74, 6) is 0.129. The number of aromatic hydroxyl groups is 1. The summed E-state index contributed by atoms with van der Waals surface area (Å²) in [6, 6.07) is 14.1. The zero-order valence-corrected chi connectivity index (χ0v) is 15.7. The zero-order valence-electron chi connectivity index (χ0n) is 15.7. The Labute approximate surface area is 159 Å². The number of rotatable bonds is 5. The molecule has 0 bridgehead atoms. The van der Waals surface area contributed by atoms with Gasteiger partial charge in [0, 0.05) is 11.3 Å². The van der Waals surface area contributed by atoms with Crippen molar-refractivity contribution < 1.29 is 19.6 Å². The van der Waals surface area contributed by atoms with Crippen LogP contribution in [0, 0.1) is 0 Å². The Balaban J connectivity index is 1.59. The van der Waals surface area contributed by atoms with E-state index in [1.54, 1.807) is 30.3 Å². The number of phenolic OH excluding ortho intramolecular Hbond substituents is 1. The fourth-order valence-electron chi connectivity index (χ4n) is 3.47. The van der Waals surface area contributed by atoms with Crippen molar-refractivity contribution >= 4 is 23.1 Å². The second kappa shape index (κ2) is 8.22. The van der Waals surface area contributed by atoms with Crippen molar-refractivity contribution in [3.8, 4) is 5.75 Å². The molecule has 1 saturated heterocycles. The van der Waals surface area contributed by atoms with Crippen molar-refractivity contribution in [2.45, 2.75) is 19.9 Å². The van der Waals surface area contributed by atoms with Crippen LogP contribution in [-0.2, 0) is 4.79 Å². The average Bonchev–Trinajstić information content (AvgIpc) is 2.68. The number of carbonyl (C=O) groups excluding carboxylic acids is 2. The van der Waals surface area contributed by atoms with E-state index >= 15 is 0 Å². The molecule has 2 aromatic carbocycles. The third-order valence-corrected chi connectivity index (χ3v) is 5.19. The number of piperazine rings is 1. The zero-order chi connectivity index (χ0) is 19.4. The summed E-state index contributed by atoms with van der Waals surface area (Å²) >= 11 is 0. The van der Waals surface area contributed by atoms with Gasteiger partial charge in [-0.2, -0.15) is 0 Å². The molecule has 6 heteroatoms. The van der Waals surface area contributed by atoms with E-state index in [0.717, 1.165) is 31.9 Å². The van der Waals surface area contributed by atoms with Crippen molar-refractivity contribution in [1.29, 1.82) is 0 Å². The number of quaternary nitrogens is 1. The van der Waals surface area contributed by atoms with E-state index in [2.05, 4.69) is 10.2 Å². The molecule has 3 rings (SSSR count). The maximum Gasteiger partial charge on any atom is 0.282 e. The van der Waals surface area contributed by atoms with Crippen molar-refractivity contribution in [1.82, 2.24) is 0 Å². The highest BCUT2D eigenvalue weighted by Gasteiger charge is 2.29. The number of hydrogen-bond donors (Lipinski definition) is 3. The number of nitrogens with zero attached hydrogens (tertiary/aromatic N) is 1. The number of amides is 1. The topological polar surface area (TPSA) is 74.1 Å². The first kappa shape index (κ1) is 18.9. The van der Waals surface area contributed by atoms with Crippen molar-refractivity contribution in [3.63, 3.8) is 0 Å². The van der Waals surface area contributed by atoms with Crippen LogP contribution in [-0.4, -0.2) is 49.0 Å². The van der Waals surface area contributed by atoms with Crippen LogP contribution in [0.25, 0.3) is 0 Å². The number of phenols is 1. The molecule has 1 atom stereocenters. The van der Waals surface area contributed by atoms with Crippen molar-refractivity contribution in [3.05, 3.63) is 54.1 Å². The summed E-state index contributed by atoms with van der Waals surface area (Å²) < 4.78 is 0. The van der Waals surface area contributed by atoms with Gasteiger partial charge in [-0.25, -0.2) is 0 Å². The van der Waals surface area contributed by atoms with Crippen LogP contribution < -0.4 is 15.1 Å². The molecule has 27 heavy (non-hydrogen) atoms. The lowest BCUT2D eigenvalue weighted by molar-refractivity contribution is -0.914. The Bertz CT molecular complexity index is 812. The van der Waals surface area contributed by atoms with Crippen LogP contribution in [0.4, 0.5) is 11.4 Å². The minimum absolute atomic E-state index is 0.0617. The summed E-state index contributed by atoms with van der Waals surface area (Å²) in [6.07, 6.45) is 0. The highest BCUT2D eigenvalue weighted by molar-refractivity contribution is 6.04. The summed E-state index contributed by atoms with van der Waals surface area (Å²) in [4.78, 5) is 27.9. The van der Waals surface area contributed by atoms with Gasteiger partial charge in [-0.15, -0.1) is 0 Å². The number of ketones is 1. The van der Waals surface area contributed by atoms with Crippen LogP contribution in [0.15, 0.2) is 48.5 Å². The highest BCUT2D eigenvalue weighted by Crippen LogP contribution is 2.18. The smallest absolute Gasteiger partial charge is 0.282 e. The molecule has 0 aliphatic carbocycles. The van der Waals surface area contributed by atoms with Crippen molar-refractivity contribution in [2.24, 2.45) is 0 Å². The highest BCUT2D eigenvalue weighted by atomic mass is 16.3. The maximum absolute atomic E-state index is 12.7. The van der Waals surface area contributed by atoms with Crippen molar-refractivity contribution in [2.75, 3.05) is 36.4 Å². The van der Waals surface area contributed by atoms with E-state index in [9.17, 15) is 14.7 Å². The number of Topliss-reactive ketones (excluding diaryl/α,β-unsaturated/α-hetero) is 1. The molecule has 0 saturated carbocycles. The van der Waals surface area contributed by atoms with Gasteiger partial charge in [-0.1, -0.05) is 12.1 Å². The van der Waals surface area contributed by atoms with E-state index in [-0.39, 0.29) is 23.5 Å². The lowest BCUT2D eigenvalue weighted by Crippen LogP contribution is -3.19. The molecule has 0 radical (unpaired) electrons. The lowest BCUT2D eigenvalue weighted by Gasteiger charge is -2.36. The summed E-state index contributed by atoms with van der Waals surface area (Å²) in [5.41, 5.74) is 2.19. The normalized spacial score (nSPS) is 16.0. The van der Waals surface area contributed by atoms with E-state index < -0.39 is 0 Å². The molecule has 6 nitrogen and oxygen atoms in total. The molecule has 3 N–H and O–H groups in total. The van der Waals surface area contributed by atoms with E-state index in [1.165, 1.54) is 11.8 Å². The van der Waals surface area contributed by atoms with Crippen LogP contribution in [0.5, 0.6) is 5.75 Å². The molecular weight excluding hydrogens is 342 g/mol. The molecule has 142 valence electrons. The minimum Gasteiger partial charge on any atom is -0.508 e. The SMILES string of the molecule is CC(=O)c1ccccc1NC(=O)[C@H](C)[NH+]1CCN(c2ccc(O)cc2)CC1. The quantitative estimate of drug-likeness (QED) is 0.696. The predicted molar refractivity (Wildman–Crippen MR) is 106 cm³/mol. The van der Waals surface area contributed by atoms with Crippen LogP contribution in [0.3, 0.4) is 0 Å². The second-order valence-electron chi connectivity index (χ2n) is 6.97. The number of anilines is 2. The fraction of sp³-hybridized carbons (Fsp3) is 0.333. The van der Waals surface area contributed by atoms with Gasteiger partial charge in [-0.05, 0) is 50.2 Å². The van der Waals surface area contributed by atoms with E-state index in [1.807, 2.05) is 25.1 Å². The Hall–Kier alpha value is -2.86. The second-order valence-corrected chi connectivity index (χ2v) is 6.97. The Morgan fingerprint density at radius 2 is 1.70 bits per heavy atom. The first-order valence-corrected chi connectivity index (χ1v) is 9.25. The number of benzene rings is 2. The van der Waals surface area contributed by atoms with Gasteiger partial charge in [-0.3, -0.25) is 9.59 Å². The largest absolute Gasteiger partial charge is 0.508 e. The number of carbonyl (C=O) groups is 2. The summed E-state index contributed by atoms with van der Waals surface area (Å²) in [7, 11) is 0. The van der Waals surface area contributed by atoms with Gasteiger partial charge in [0.15, 0.2) is 11.8 Å². The molecule has 2 aromatic rings. The first-order valence-electron chi connectivity index (χ1n) is 9.25. The van der Waals surface area contributed by atoms with E-state index in [4.69, 9.17) is 0 Å². The Morgan fingerprint density at radius 1 is 1.07 bits per heavy atom. The summed E-state index contributed by atoms with van der Waals surface area (Å²) in [5, 5.41) is 12.3. The van der Waals surface area contributed by atoms with Crippen LogP contribution >= 0.6 is 0 Å². The standard InChI is InChI=1S/C21H25N3O3/c1-15(21(27)22-20-6-4-3-5-19(20)16(2)25)23-11-13-24(14-12-23)17-7-9-18(26)10-8-17/h3-10,15,26H,11-14H2,1-2H3,(H,22,27)/p+1/t15-/m0/s1. The number of nitrogens with one attached hydrogen (secondary N) is 2. The summed E-state index contributed by atoms with van der Waals surface area (Å²) in [6.45, 7) is 6.83. The number of para-hydroxylation sites is 1. The molecule has 0 unspecified atom stereocenters. The maximum atomic E-state index is 12.7. The predicted octanol–water partition coefficient (Wildman–Crippen LogP) is 1.33. The molecule has 1 aliphatic heterocycles. The average molecular weight is 368 g/mol. The molecule has 1 aliphatic rings. The van der Waals surface area contributed by atoms with Crippen LogP contribution in [0.1, 0.15) is 24.2 Å². The van der Waals surface area contributed by atoms with Gasteiger partial charge < -0.3 is 20.2 Å². The molecule has 1 heterocycles. The lowest BCUT2D eigenvalue weighted by atomic mass is 10.1. The Morgan fingerprint density at radius 3 is 2.33 bits per heavy atom. The Kier molecular flexibility index (Phi) is 5.76. The number of hydrogen-bond acceptors (Lipinski definition) is 4. The van der Waals surface area contributed by atoms with Gasteiger partial charge in [0.05, 0.1) is 31.9 Å². The minimum atomic E-state index is -0.202. The van der Waals surface area contributed by atoms with Gasteiger partial charge >= 0.3 is 0 Å². The molecule has 1 amide bonds. The van der Waals surface area contributed by atoms with E-state index in [0.29, 0.717) is 11.3 Å². The van der Waals surface area contributed by atoms with Crippen LogP contribution in [0.2, 0.25) is 0 Å². The molecule has 0 spiro atoms. The third-order valence-electron chi connectivity index (χ3n) is 5.19. The monoisotopic (exact) mass is 368 g/mol.